The summed E-state index contributed by atoms with van der Waals surface area (Å²) in [5.41, 5.74) is 2.63. The molecule has 126 valence electrons. The summed E-state index contributed by atoms with van der Waals surface area (Å²) in [4.78, 5) is 12.5. The van der Waals surface area contributed by atoms with Gasteiger partial charge in [0.15, 0.2) is 0 Å². The SMILES string of the molecule is Cc1ccc(C(=O)Nc2ccccc2N(C2CC2)S(C)(=O)=O)cc1. The fraction of sp³-hybridized carbons (Fsp3) is 0.278. The Balaban J connectivity index is 1.92. The second-order valence-electron chi connectivity index (χ2n) is 6.13. The first kappa shape index (κ1) is 16.5. The predicted molar refractivity (Wildman–Crippen MR) is 95.9 cm³/mol. The molecule has 2 aromatic rings. The molecule has 0 unspecified atom stereocenters. The van der Waals surface area contributed by atoms with Crippen LogP contribution in [-0.4, -0.2) is 26.6 Å². The molecule has 1 N–H and O–H groups in total. The van der Waals surface area contributed by atoms with Gasteiger partial charge in [-0.1, -0.05) is 29.8 Å². The molecule has 0 aromatic heterocycles. The first-order chi connectivity index (χ1) is 11.4. The van der Waals surface area contributed by atoms with Crippen LogP contribution in [0.15, 0.2) is 48.5 Å². The molecule has 2 aromatic carbocycles. The Morgan fingerprint density at radius 3 is 2.29 bits per heavy atom. The number of para-hydroxylation sites is 2. The van der Waals surface area contributed by atoms with E-state index in [1.54, 1.807) is 36.4 Å². The van der Waals surface area contributed by atoms with Crippen molar-refractivity contribution in [3.63, 3.8) is 0 Å². The number of nitrogens with zero attached hydrogens (tertiary/aromatic N) is 1. The van der Waals surface area contributed by atoms with Crippen LogP contribution >= 0.6 is 0 Å². The second kappa shape index (κ2) is 6.28. The quantitative estimate of drug-likeness (QED) is 0.906. The Morgan fingerprint density at radius 1 is 1.08 bits per heavy atom. The summed E-state index contributed by atoms with van der Waals surface area (Å²) in [6.07, 6.45) is 2.88. The topological polar surface area (TPSA) is 66.5 Å². The molecule has 0 saturated heterocycles. The molecule has 1 aliphatic carbocycles. The Morgan fingerprint density at radius 2 is 1.71 bits per heavy atom. The molecule has 3 rings (SSSR count). The van der Waals surface area contributed by atoms with E-state index in [-0.39, 0.29) is 11.9 Å². The lowest BCUT2D eigenvalue weighted by atomic mass is 10.1. The van der Waals surface area contributed by atoms with Gasteiger partial charge in [0, 0.05) is 11.6 Å². The van der Waals surface area contributed by atoms with E-state index in [1.807, 2.05) is 19.1 Å². The van der Waals surface area contributed by atoms with Crippen LogP contribution in [0.5, 0.6) is 0 Å². The lowest BCUT2D eigenvalue weighted by Gasteiger charge is -2.24. The Labute approximate surface area is 142 Å². The number of anilines is 2. The van der Waals surface area contributed by atoms with E-state index in [1.165, 1.54) is 10.6 Å². The molecule has 1 saturated carbocycles. The van der Waals surface area contributed by atoms with Gasteiger partial charge in [0.1, 0.15) is 0 Å². The molecule has 1 fully saturated rings. The molecule has 0 aliphatic heterocycles. The van der Waals surface area contributed by atoms with Crippen LogP contribution in [0.3, 0.4) is 0 Å². The summed E-state index contributed by atoms with van der Waals surface area (Å²) in [7, 11) is -3.40. The van der Waals surface area contributed by atoms with Crippen molar-refractivity contribution in [1.82, 2.24) is 0 Å². The van der Waals surface area contributed by atoms with Gasteiger partial charge in [0.2, 0.25) is 10.0 Å². The van der Waals surface area contributed by atoms with Gasteiger partial charge in [-0.2, -0.15) is 0 Å². The Hall–Kier alpha value is -2.34. The van der Waals surface area contributed by atoms with Crippen molar-refractivity contribution in [2.75, 3.05) is 15.9 Å². The van der Waals surface area contributed by atoms with Gasteiger partial charge in [-0.05, 0) is 44.0 Å². The maximum atomic E-state index is 12.5. The van der Waals surface area contributed by atoms with Crippen LogP contribution in [0.1, 0.15) is 28.8 Å². The molecule has 1 aliphatic rings. The Bertz CT molecular complexity index is 856. The molecule has 5 nitrogen and oxygen atoms in total. The van der Waals surface area contributed by atoms with Gasteiger partial charge >= 0.3 is 0 Å². The number of sulfonamides is 1. The van der Waals surface area contributed by atoms with Gasteiger partial charge in [-0.15, -0.1) is 0 Å². The van der Waals surface area contributed by atoms with Crippen LogP contribution in [-0.2, 0) is 10.0 Å². The maximum absolute atomic E-state index is 12.5. The van der Waals surface area contributed by atoms with E-state index in [9.17, 15) is 13.2 Å². The largest absolute Gasteiger partial charge is 0.320 e. The van der Waals surface area contributed by atoms with Crippen molar-refractivity contribution in [2.24, 2.45) is 0 Å². The van der Waals surface area contributed by atoms with Crippen LogP contribution in [0.4, 0.5) is 11.4 Å². The number of nitrogens with one attached hydrogen (secondary N) is 1. The summed E-state index contributed by atoms with van der Waals surface area (Å²) in [5, 5.41) is 2.84. The van der Waals surface area contributed by atoms with Crippen molar-refractivity contribution in [2.45, 2.75) is 25.8 Å². The highest BCUT2D eigenvalue weighted by Gasteiger charge is 2.36. The zero-order valence-corrected chi connectivity index (χ0v) is 14.5. The van der Waals surface area contributed by atoms with Gasteiger partial charge in [0.05, 0.1) is 17.6 Å². The fourth-order valence-electron chi connectivity index (χ4n) is 2.63. The van der Waals surface area contributed by atoms with Crippen molar-refractivity contribution in [3.8, 4) is 0 Å². The maximum Gasteiger partial charge on any atom is 0.255 e. The molecule has 0 bridgehead atoms. The second-order valence-corrected chi connectivity index (χ2v) is 7.99. The molecular formula is C18H20N2O3S. The number of aryl methyl sites for hydroxylation is 1. The number of hydrogen-bond acceptors (Lipinski definition) is 3. The van der Waals surface area contributed by atoms with Crippen LogP contribution < -0.4 is 9.62 Å². The minimum absolute atomic E-state index is 0.0163. The van der Waals surface area contributed by atoms with E-state index < -0.39 is 10.0 Å². The number of amides is 1. The average Bonchev–Trinajstić information content (AvgIpc) is 3.33. The van der Waals surface area contributed by atoms with Gasteiger partial charge in [0.25, 0.3) is 5.91 Å². The smallest absolute Gasteiger partial charge is 0.255 e. The van der Waals surface area contributed by atoms with Crippen molar-refractivity contribution < 1.29 is 13.2 Å². The molecule has 6 heteroatoms. The van der Waals surface area contributed by atoms with Gasteiger partial charge in [-0.3, -0.25) is 9.10 Å². The molecule has 0 spiro atoms. The molecular weight excluding hydrogens is 324 g/mol. The molecule has 24 heavy (non-hydrogen) atoms. The third kappa shape index (κ3) is 3.59. The number of carbonyl (C=O) groups excluding carboxylic acids is 1. The molecule has 0 atom stereocenters. The lowest BCUT2D eigenvalue weighted by Crippen LogP contribution is -2.32. The average molecular weight is 344 g/mol. The number of carbonyl (C=O) groups is 1. The van der Waals surface area contributed by atoms with Gasteiger partial charge < -0.3 is 5.32 Å². The van der Waals surface area contributed by atoms with Crippen molar-refractivity contribution >= 4 is 27.3 Å². The summed E-state index contributed by atoms with van der Waals surface area (Å²) in [5.74, 6) is -0.258. The highest BCUT2D eigenvalue weighted by molar-refractivity contribution is 7.92. The minimum atomic E-state index is -3.40. The van der Waals surface area contributed by atoms with Crippen LogP contribution in [0.25, 0.3) is 0 Å². The first-order valence-electron chi connectivity index (χ1n) is 7.83. The predicted octanol–water partition coefficient (Wildman–Crippen LogP) is 3.18. The standard InChI is InChI=1S/C18H20N2O3S/c1-13-7-9-14(10-8-13)18(21)19-16-5-3-4-6-17(16)20(15-11-12-15)24(2,22)23/h3-10,15H,11-12H2,1-2H3,(H,19,21). The summed E-state index contributed by atoms with van der Waals surface area (Å²) >= 11 is 0. The summed E-state index contributed by atoms with van der Waals surface area (Å²) < 4.78 is 25.8. The first-order valence-corrected chi connectivity index (χ1v) is 9.67. The van der Waals surface area contributed by atoms with Crippen LogP contribution in [0, 0.1) is 6.92 Å². The van der Waals surface area contributed by atoms with E-state index in [2.05, 4.69) is 5.32 Å². The van der Waals surface area contributed by atoms with E-state index in [0.29, 0.717) is 16.9 Å². The van der Waals surface area contributed by atoms with E-state index in [4.69, 9.17) is 0 Å². The normalized spacial score (nSPS) is 14.2. The zero-order chi connectivity index (χ0) is 17.3. The summed E-state index contributed by atoms with van der Waals surface area (Å²) in [6, 6.07) is 14.2. The lowest BCUT2D eigenvalue weighted by molar-refractivity contribution is 0.102. The van der Waals surface area contributed by atoms with Crippen molar-refractivity contribution in [1.29, 1.82) is 0 Å². The molecule has 0 radical (unpaired) electrons. The fourth-order valence-corrected chi connectivity index (χ4v) is 3.90. The highest BCUT2D eigenvalue weighted by Crippen LogP contribution is 2.37. The summed E-state index contributed by atoms with van der Waals surface area (Å²) in [6.45, 7) is 1.95. The third-order valence-electron chi connectivity index (χ3n) is 3.94. The van der Waals surface area contributed by atoms with E-state index in [0.717, 1.165) is 18.4 Å². The Kier molecular flexibility index (Phi) is 4.32. The number of benzene rings is 2. The molecule has 1 amide bonds. The highest BCUT2D eigenvalue weighted by atomic mass is 32.2. The minimum Gasteiger partial charge on any atom is -0.320 e. The number of hydrogen-bond donors (Lipinski definition) is 1. The van der Waals surface area contributed by atoms with Crippen molar-refractivity contribution in [3.05, 3.63) is 59.7 Å². The van der Waals surface area contributed by atoms with Gasteiger partial charge in [-0.25, -0.2) is 8.42 Å². The zero-order valence-electron chi connectivity index (χ0n) is 13.7. The number of rotatable bonds is 5. The third-order valence-corrected chi connectivity index (χ3v) is 5.15. The van der Waals surface area contributed by atoms with Crippen LogP contribution in [0.2, 0.25) is 0 Å². The van der Waals surface area contributed by atoms with E-state index >= 15 is 0 Å². The monoisotopic (exact) mass is 344 g/mol. The molecule has 0 heterocycles.